The Morgan fingerprint density at radius 3 is 2.82 bits per heavy atom. The van der Waals surface area contributed by atoms with Crippen molar-refractivity contribution in [1.82, 2.24) is 0 Å². The van der Waals surface area contributed by atoms with Crippen LogP contribution in [0.3, 0.4) is 0 Å². The number of carbonyl (C=O) groups excluding carboxylic acids is 1. The van der Waals surface area contributed by atoms with E-state index in [-0.39, 0.29) is 12.6 Å². The summed E-state index contributed by atoms with van der Waals surface area (Å²) in [6, 6.07) is 0. The second-order valence-corrected chi connectivity index (χ2v) is 2.12. The molecular weight excluding hydrogens is 144 g/mol. The van der Waals surface area contributed by atoms with Gasteiger partial charge in [-0.2, -0.15) is 0 Å². The lowest BCUT2D eigenvalue weighted by Gasteiger charge is -1.94. The van der Waals surface area contributed by atoms with E-state index in [0.717, 1.165) is 12.8 Å². The van der Waals surface area contributed by atoms with Crippen molar-refractivity contribution in [2.75, 3.05) is 13.7 Å². The zero-order chi connectivity index (χ0) is 8.53. The van der Waals surface area contributed by atoms with E-state index in [4.69, 9.17) is 5.11 Å². The molecule has 0 aliphatic carbocycles. The molecule has 0 aliphatic rings. The smallest absolute Gasteiger partial charge is 0.305 e. The van der Waals surface area contributed by atoms with Crippen molar-refractivity contribution in [3.63, 3.8) is 0 Å². The lowest BCUT2D eigenvalue weighted by atomic mass is 10.2. The molecule has 0 unspecified atom stereocenters. The van der Waals surface area contributed by atoms with Gasteiger partial charge in [-0.1, -0.05) is 12.2 Å². The Morgan fingerprint density at radius 1 is 1.55 bits per heavy atom. The van der Waals surface area contributed by atoms with E-state index in [0.29, 0.717) is 6.42 Å². The molecule has 0 saturated carbocycles. The molecule has 3 heteroatoms. The van der Waals surface area contributed by atoms with E-state index in [1.165, 1.54) is 7.11 Å². The first-order valence-electron chi connectivity index (χ1n) is 3.64. The molecule has 0 heterocycles. The molecule has 11 heavy (non-hydrogen) atoms. The second-order valence-electron chi connectivity index (χ2n) is 2.12. The third kappa shape index (κ3) is 7.06. The molecule has 0 fully saturated rings. The molecule has 64 valence electrons. The first kappa shape index (κ1) is 10.2. The fourth-order valence-electron chi connectivity index (χ4n) is 0.659. The van der Waals surface area contributed by atoms with Crippen LogP contribution in [-0.2, 0) is 9.53 Å². The Morgan fingerprint density at radius 2 is 2.27 bits per heavy atom. The fourth-order valence-corrected chi connectivity index (χ4v) is 0.659. The van der Waals surface area contributed by atoms with Crippen molar-refractivity contribution in [1.29, 1.82) is 0 Å². The molecule has 1 N–H and O–H groups in total. The lowest BCUT2D eigenvalue weighted by Crippen LogP contribution is -1.98. The molecule has 0 saturated heterocycles. The molecule has 0 aliphatic heterocycles. The predicted octanol–water partition coefficient (Wildman–Crippen LogP) is 0.878. The molecule has 0 aromatic rings. The summed E-state index contributed by atoms with van der Waals surface area (Å²) in [4.78, 5) is 10.5. The van der Waals surface area contributed by atoms with Crippen molar-refractivity contribution < 1.29 is 14.6 Å². The third-order valence-electron chi connectivity index (χ3n) is 1.25. The third-order valence-corrected chi connectivity index (χ3v) is 1.25. The maximum atomic E-state index is 10.5. The van der Waals surface area contributed by atoms with Crippen molar-refractivity contribution in [3.05, 3.63) is 12.2 Å². The van der Waals surface area contributed by atoms with E-state index >= 15 is 0 Å². The summed E-state index contributed by atoms with van der Waals surface area (Å²) in [5, 5.41) is 8.34. The maximum absolute atomic E-state index is 10.5. The number of carbonyl (C=O) groups is 1. The number of allylic oxidation sites excluding steroid dienone is 1. The Kier molecular flexibility index (Phi) is 6.73. The van der Waals surface area contributed by atoms with E-state index in [1.807, 2.05) is 6.08 Å². The van der Waals surface area contributed by atoms with Crippen LogP contribution < -0.4 is 0 Å². The summed E-state index contributed by atoms with van der Waals surface area (Å²) in [5.74, 6) is -0.178. The second kappa shape index (κ2) is 7.28. The average Bonchev–Trinajstić information content (AvgIpc) is 2.04. The highest BCUT2D eigenvalue weighted by Crippen LogP contribution is 1.97. The van der Waals surface area contributed by atoms with E-state index in [9.17, 15) is 4.79 Å². The number of aliphatic hydroxyl groups is 1. The van der Waals surface area contributed by atoms with Gasteiger partial charge in [-0.3, -0.25) is 4.79 Å². The largest absolute Gasteiger partial charge is 0.469 e. The Balaban J connectivity index is 3.14. The summed E-state index contributed by atoms with van der Waals surface area (Å²) >= 11 is 0. The van der Waals surface area contributed by atoms with Crippen LogP contribution in [0.2, 0.25) is 0 Å². The number of ether oxygens (including phenoxy) is 1. The maximum Gasteiger partial charge on any atom is 0.305 e. The highest BCUT2D eigenvalue weighted by molar-refractivity contribution is 5.68. The van der Waals surface area contributed by atoms with Crippen molar-refractivity contribution >= 4 is 5.97 Å². The highest BCUT2D eigenvalue weighted by Gasteiger charge is 1.96. The number of rotatable bonds is 5. The first-order chi connectivity index (χ1) is 5.31. The molecule has 0 bridgehead atoms. The van der Waals surface area contributed by atoms with E-state index in [2.05, 4.69) is 4.74 Å². The fraction of sp³-hybridized carbons (Fsp3) is 0.625. The van der Waals surface area contributed by atoms with Gasteiger partial charge in [-0.15, -0.1) is 0 Å². The number of unbranched alkanes of at least 4 members (excludes halogenated alkanes) is 1. The lowest BCUT2D eigenvalue weighted by molar-refractivity contribution is -0.140. The molecule has 0 amide bonds. The van der Waals surface area contributed by atoms with Crippen molar-refractivity contribution in [3.8, 4) is 0 Å². The van der Waals surface area contributed by atoms with Gasteiger partial charge in [0.05, 0.1) is 13.7 Å². The minimum Gasteiger partial charge on any atom is -0.469 e. The van der Waals surface area contributed by atoms with Crippen LogP contribution in [-0.4, -0.2) is 24.8 Å². The molecule has 0 radical (unpaired) electrons. The normalized spacial score (nSPS) is 10.4. The molecule has 3 nitrogen and oxygen atoms in total. The summed E-state index contributed by atoms with van der Waals surface area (Å²) in [7, 11) is 1.38. The van der Waals surface area contributed by atoms with Crippen LogP contribution in [0.15, 0.2) is 12.2 Å². The van der Waals surface area contributed by atoms with Gasteiger partial charge < -0.3 is 9.84 Å². The molecule has 0 rings (SSSR count). The van der Waals surface area contributed by atoms with E-state index < -0.39 is 0 Å². The number of esters is 1. The average molecular weight is 158 g/mol. The van der Waals surface area contributed by atoms with Gasteiger partial charge in [0.2, 0.25) is 0 Å². The number of hydrogen-bond acceptors (Lipinski definition) is 3. The number of hydrogen-bond donors (Lipinski definition) is 1. The standard InChI is InChI=1S/C8H14O3/c1-11-8(10)6-4-2-3-5-7-9/h3,5,9H,2,4,6-7H2,1H3/b5-3-. The van der Waals surface area contributed by atoms with Crippen LogP contribution in [0.25, 0.3) is 0 Å². The Bertz CT molecular complexity index is 129. The van der Waals surface area contributed by atoms with Crippen LogP contribution in [0.5, 0.6) is 0 Å². The van der Waals surface area contributed by atoms with Crippen molar-refractivity contribution in [2.45, 2.75) is 19.3 Å². The Labute approximate surface area is 66.7 Å². The summed E-state index contributed by atoms with van der Waals surface area (Å²) in [6.45, 7) is 0.0677. The SMILES string of the molecule is COC(=O)CCC/C=C\CO. The molecular formula is C8H14O3. The van der Waals surface area contributed by atoms with Gasteiger partial charge in [-0.25, -0.2) is 0 Å². The highest BCUT2D eigenvalue weighted by atomic mass is 16.5. The monoisotopic (exact) mass is 158 g/mol. The summed E-state index contributed by atoms with van der Waals surface area (Å²) in [5.41, 5.74) is 0. The minimum absolute atomic E-state index is 0.0677. The molecule has 0 spiro atoms. The molecule has 0 atom stereocenters. The Hall–Kier alpha value is -0.830. The minimum atomic E-state index is -0.178. The quantitative estimate of drug-likeness (QED) is 0.367. The molecule has 0 aromatic heterocycles. The van der Waals surface area contributed by atoms with Gasteiger partial charge in [-0.05, 0) is 12.8 Å². The zero-order valence-corrected chi connectivity index (χ0v) is 6.75. The number of methoxy groups -OCH3 is 1. The van der Waals surface area contributed by atoms with Crippen LogP contribution >= 0.6 is 0 Å². The van der Waals surface area contributed by atoms with Crippen LogP contribution in [0, 0.1) is 0 Å². The van der Waals surface area contributed by atoms with Gasteiger partial charge in [0, 0.05) is 6.42 Å². The zero-order valence-electron chi connectivity index (χ0n) is 6.75. The predicted molar refractivity (Wildman–Crippen MR) is 42.1 cm³/mol. The van der Waals surface area contributed by atoms with Crippen molar-refractivity contribution in [2.24, 2.45) is 0 Å². The van der Waals surface area contributed by atoms with Crippen LogP contribution in [0.1, 0.15) is 19.3 Å². The summed E-state index contributed by atoms with van der Waals surface area (Å²) < 4.78 is 4.44. The van der Waals surface area contributed by atoms with Gasteiger partial charge >= 0.3 is 5.97 Å². The van der Waals surface area contributed by atoms with Gasteiger partial charge in [0.25, 0.3) is 0 Å². The van der Waals surface area contributed by atoms with E-state index in [1.54, 1.807) is 6.08 Å². The topological polar surface area (TPSA) is 46.5 Å². The van der Waals surface area contributed by atoms with Crippen LogP contribution in [0.4, 0.5) is 0 Å². The van der Waals surface area contributed by atoms with Gasteiger partial charge in [0.1, 0.15) is 0 Å². The number of aliphatic hydroxyl groups excluding tert-OH is 1. The molecule has 0 aromatic carbocycles. The first-order valence-corrected chi connectivity index (χ1v) is 3.64. The summed E-state index contributed by atoms with van der Waals surface area (Å²) in [6.07, 6.45) is 5.56. The van der Waals surface area contributed by atoms with Gasteiger partial charge in [0.15, 0.2) is 0 Å².